The zero-order valence-corrected chi connectivity index (χ0v) is 10.7. The van der Waals surface area contributed by atoms with Gasteiger partial charge in [0.25, 0.3) is 0 Å². The Morgan fingerprint density at radius 3 is 2.74 bits per heavy atom. The maximum atomic E-state index is 10.9. The Morgan fingerprint density at radius 1 is 1.47 bits per heavy atom. The number of hydrogen-bond donors (Lipinski definition) is 1. The number of rotatable bonds is 4. The minimum Gasteiger partial charge on any atom is -0.496 e. The maximum absolute atomic E-state index is 10.9. The van der Waals surface area contributed by atoms with Crippen molar-refractivity contribution in [1.82, 2.24) is 9.78 Å². The average molecular weight is 262 g/mol. The van der Waals surface area contributed by atoms with E-state index in [4.69, 9.17) is 10.5 Å². The molecule has 2 N–H and O–H groups in total. The lowest BCUT2D eigenvalue weighted by Crippen LogP contribution is -2.07. The van der Waals surface area contributed by atoms with Gasteiger partial charge in [0.1, 0.15) is 11.4 Å². The van der Waals surface area contributed by atoms with Crippen molar-refractivity contribution in [2.75, 3.05) is 12.8 Å². The van der Waals surface area contributed by atoms with E-state index in [-0.39, 0.29) is 11.5 Å². The van der Waals surface area contributed by atoms with E-state index in [1.807, 2.05) is 24.3 Å². The van der Waals surface area contributed by atoms with Gasteiger partial charge >= 0.3 is 5.69 Å². The van der Waals surface area contributed by atoms with E-state index in [9.17, 15) is 10.1 Å². The van der Waals surface area contributed by atoms with Gasteiger partial charge in [0.05, 0.1) is 18.6 Å². The van der Waals surface area contributed by atoms with Crippen LogP contribution in [0.4, 0.5) is 11.5 Å². The van der Waals surface area contributed by atoms with Crippen LogP contribution in [0.3, 0.4) is 0 Å². The molecular weight excluding hydrogens is 248 g/mol. The predicted molar refractivity (Wildman–Crippen MR) is 70.1 cm³/mol. The number of nitrogens with zero attached hydrogens (tertiary/aromatic N) is 3. The van der Waals surface area contributed by atoms with Crippen LogP contribution in [0.1, 0.15) is 11.3 Å². The second-order valence-corrected chi connectivity index (χ2v) is 4.05. The Morgan fingerprint density at radius 2 is 2.16 bits per heavy atom. The first-order valence-electron chi connectivity index (χ1n) is 5.63. The Bertz CT molecular complexity index is 621. The monoisotopic (exact) mass is 262 g/mol. The molecule has 7 heteroatoms. The van der Waals surface area contributed by atoms with Crippen molar-refractivity contribution in [3.05, 3.63) is 45.6 Å². The Balaban J connectivity index is 2.39. The number of nitrogen functional groups attached to an aromatic ring is 1. The van der Waals surface area contributed by atoms with Crippen LogP contribution in [-0.2, 0) is 6.54 Å². The Labute approximate surface area is 109 Å². The second-order valence-electron chi connectivity index (χ2n) is 4.05. The summed E-state index contributed by atoms with van der Waals surface area (Å²) in [7, 11) is 1.57. The normalized spacial score (nSPS) is 10.4. The number of benzene rings is 1. The van der Waals surface area contributed by atoms with Gasteiger partial charge in [-0.25, -0.2) is 4.68 Å². The molecule has 1 heterocycles. The molecule has 0 atom stereocenters. The van der Waals surface area contributed by atoms with Gasteiger partial charge in [-0.05, 0) is 13.0 Å². The lowest BCUT2D eigenvalue weighted by molar-refractivity contribution is -0.384. The Kier molecular flexibility index (Phi) is 3.37. The minimum absolute atomic E-state index is 0.0495. The Hall–Kier alpha value is -2.57. The van der Waals surface area contributed by atoms with Gasteiger partial charge in [0, 0.05) is 5.56 Å². The van der Waals surface area contributed by atoms with Crippen molar-refractivity contribution in [2.24, 2.45) is 0 Å². The highest BCUT2D eigenvalue weighted by atomic mass is 16.6. The summed E-state index contributed by atoms with van der Waals surface area (Å²) in [5, 5.41) is 15.0. The number of nitro groups is 1. The molecule has 0 unspecified atom stereocenters. The molecule has 7 nitrogen and oxygen atoms in total. The summed E-state index contributed by atoms with van der Waals surface area (Å²) in [6, 6.07) is 7.39. The van der Waals surface area contributed by atoms with Crippen LogP contribution in [-0.4, -0.2) is 21.8 Å². The van der Waals surface area contributed by atoms with E-state index >= 15 is 0 Å². The standard InChI is InChI=1S/C12H14N4O3/c1-8-11(16(17)18)12(13)15(14-8)7-9-5-3-4-6-10(9)19-2/h3-6H,7,13H2,1-2H3. The largest absolute Gasteiger partial charge is 0.496 e. The number of nitrogens with two attached hydrogens (primary N) is 1. The molecule has 0 bridgehead atoms. The lowest BCUT2D eigenvalue weighted by Gasteiger charge is -2.08. The third-order valence-electron chi connectivity index (χ3n) is 2.83. The summed E-state index contributed by atoms with van der Waals surface area (Å²) < 4.78 is 6.63. The van der Waals surface area contributed by atoms with Crippen LogP contribution in [0.15, 0.2) is 24.3 Å². The SMILES string of the molecule is COc1ccccc1Cn1nc(C)c([N+](=O)[O-])c1N. The fourth-order valence-corrected chi connectivity index (χ4v) is 1.93. The van der Waals surface area contributed by atoms with E-state index in [0.29, 0.717) is 18.0 Å². The van der Waals surface area contributed by atoms with Crippen molar-refractivity contribution in [3.63, 3.8) is 0 Å². The summed E-state index contributed by atoms with van der Waals surface area (Å²) in [5.74, 6) is 0.742. The van der Waals surface area contributed by atoms with Crippen LogP contribution in [0, 0.1) is 17.0 Å². The number of ether oxygens (including phenoxy) is 1. The van der Waals surface area contributed by atoms with Crippen LogP contribution in [0.2, 0.25) is 0 Å². The number of aromatic nitrogens is 2. The average Bonchev–Trinajstić information content (AvgIpc) is 2.65. The van der Waals surface area contributed by atoms with Gasteiger partial charge in [-0.15, -0.1) is 0 Å². The molecule has 0 radical (unpaired) electrons. The summed E-state index contributed by atoms with van der Waals surface area (Å²) in [5.41, 5.74) is 6.78. The molecular formula is C12H14N4O3. The van der Waals surface area contributed by atoms with Crippen molar-refractivity contribution >= 4 is 11.5 Å². The van der Waals surface area contributed by atoms with E-state index in [2.05, 4.69) is 5.10 Å². The number of anilines is 1. The molecule has 1 aromatic heterocycles. The van der Waals surface area contributed by atoms with Gasteiger partial charge in [0.15, 0.2) is 0 Å². The zero-order chi connectivity index (χ0) is 14.0. The third kappa shape index (κ3) is 2.35. The van der Waals surface area contributed by atoms with Crippen LogP contribution < -0.4 is 10.5 Å². The molecule has 0 aliphatic rings. The highest BCUT2D eigenvalue weighted by Gasteiger charge is 2.23. The first kappa shape index (κ1) is 12.9. The molecule has 0 saturated heterocycles. The van der Waals surface area contributed by atoms with E-state index in [1.165, 1.54) is 4.68 Å². The molecule has 0 spiro atoms. The molecule has 100 valence electrons. The number of methoxy groups -OCH3 is 1. The summed E-state index contributed by atoms with van der Waals surface area (Å²) in [6.45, 7) is 1.89. The molecule has 2 aromatic rings. The minimum atomic E-state index is -0.517. The van der Waals surface area contributed by atoms with E-state index < -0.39 is 4.92 Å². The van der Waals surface area contributed by atoms with Gasteiger partial charge in [-0.2, -0.15) is 5.10 Å². The van der Waals surface area contributed by atoms with E-state index in [0.717, 1.165) is 5.56 Å². The topological polar surface area (TPSA) is 96.2 Å². The van der Waals surface area contributed by atoms with Gasteiger partial charge in [0.2, 0.25) is 5.82 Å². The van der Waals surface area contributed by atoms with Crippen LogP contribution in [0.25, 0.3) is 0 Å². The van der Waals surface area contributed by atoms with Gasteiger partial charge < -0.3 is 10.5 Å². The zero-order valence-electron chi connectivity index (χ0n) is 10.7. The molecule has 0 amide bonds. The molecule has 19 heavy (non-hydrogen) atoms. The van der Waals surface area contributed by atoms with Crippen molar-refractivity contribution in [3.8, 4) is 5.75 Å². The quantitative estimate of drug-likeness (QED) is 0.668. The summed E-state index contributed by atoms with van der Waals surface area (Å²) in [4.78, 5) is 10.4. The lowest BCUT2D eigenvalue weighted by atomic mass is 10.2. The van der Waals surface area contributed by atoms with Crippen molar-refractivity contribution in [2.45, 2.75) is 13.5 Å². The smallest absolute Gasteiger partial charge is 0.333 e. The third-order valence-corrected chi connectivity index (χ3v) is 2.83. The predicted octanol–water partition coefficient (Wildman–Crippen LogP) is 1.74. The van der Waals surface area contributed by atoms with Gasteiger partial charge in [-0.3, -0.25) is 10.1 Å². The van der Waals surface area contributed by atoms with Crippen molar-refractivity contribution < 1.29 is 9.66 Å². The summed E-state index contributed by atoms with van der Waals surface area (Å²) in [6.07, 6.45) is 0. The molecule has 2 rings (SSSR count). The fourth-order valence-electron chi connectivity index (χ4n) is 1.93. The first-order valence-corrected chi connectivity index (χ1v) is 5.63. The van der Waals surface area contributed by atoms with Crippen LogP contribution >= 0.6 is 0 Å². The molecule has 1 aromatic carbocycles. The highest BCUT2D eigenvalue weighted by molar-refractivity contribution is 5.56. The second kappa shape index (κ2) is 4.97. The summed E-state index contributed by atoms with van der Waals surface area (Å²) >= 11 is 0. The number of hydrogen-bond acceptors (Lipinski definition) is 5. The van der Waals surface area contributed by atoms with Crippen molar-refractivity contribution in [1.29, 1.82) is 0 Å². The molecule has 0 saturated carbocycles. The van der Waals surface area contributed by atoms with Gasteiger partial charge in [-0.1, -0.05) is 18.2 Å². The van der Waals surface area contributed by atoms with Crippen LogP contribution in [0.5, 0.6) is 5.75 Å². The first-order chi connectivity index (χ1) is 9.04. The maximum Gasteiger partial charge on any atom is 0.333 e. The molecule has 0 aliphatic carbocycles. The fraction of sp³-hybridized carbons (Fsp3) is 0.250. The van der Waals surface area contributed by atoms with E-state index in [1.54, 1.807) is 14.0 Å². The molecule has 0 fully saturated rings. The number of aryl methyl sites for hydroxylation is 1. The number of para-hydroxylation sites is 1. The highest BCUT2D eigenvalue weighted by Crippen LogP contribution is 2.27. The molecule has 0 aliphatic heterocycles.